The second-order valence-electron chi connectivity index (χ2n) is 8.27. The van der Waals surface area contributed by atoms with Gasteiger partial charge in [-0.25, -0.2) is 4.79 Å². The average Bonchev–Trinajstić information content (AvgIpc) is 3.48. The van der Waals surface area contributed by atoms with Crippen molar-refractivity contribution in [1.82, 2.24) is 20.9 Å². The zero-order valence-electron chi connectivity index (χ0n) is 18.5. The number of thiophene rings is 1. The summed E-state index contributed by atoms with van der Waals surface area (Å²) in [5, 5.41) is 13.8. The first-order valence-corrected chi connectivity index (χ1v) is 13.2. The molecule has 0 aliphatic carbocycles. The van der Waals surface area contributed by atoms with Crippen LogP contribution in [0.3, 0.4) is 0 Å². The molecule has 8 nitrogen and oxygen atoms in total. The predicted octanol–water partition coefficient (Wildman–Crippen LogP) is 2.63. The van der Waals surface area contributed by atoms with E-state index in [4.69, 9.17) is 0 Å². The van der Waals surface area contributed by atoms with E-state index in [1.165, 1.54) is 0 Å². The van der Waals surface area contributed by atoms with E-state index < -0.39 is 0 Å². The van der Waals surface area contributed by atoms with Crippen molar-refractivity contribution in [2.24, 2.45) is 0 Å². The number of carbonyl (C=O) groups excluding carboxylic acids is 3. The van der Waals surface area contributed by atoms with Crippen LogP contribution < -0.4 is 21.3 Å². The third-order valence-corrected chi connectivity index (χ3v) is 7.63. The van der Waals surface area contributed by atoms with Crippen molar-refractivity contribution in [3.63, 3.8) is 0 Å². The Hall–Kier alpha value is -2.56. The molecule has 4 amide bonds. The van der Waals surface area contributed by atoms with Crippen LogP contribution in [-0.4, -0.2) is 60.2 Å². The van der Waals surface area contributed by atoms with E-state index in [2.05, 4.69) is 26.2 Å². The Bertz CT molecular complexity index is 984. The van der Waals surface area contributed by atoms with Gasteiger partial charge < -0.3 is 21.3 Å². The van der Waals surface area contributed by atoms with Crippen molar-refractivity contribution in [1.29, 1.82) is 0 Å². The first-order valence-electron chi connectivity index (χ1n) is 11.1. The van der Waals surface area contributed by atoms with Gasteiger partial charge in [-0.2, -0.15) is 0 Å². The van der Waals surface area contributed by atoms with E-state index in [-0.39, 0.29) is 36.0 Å². The summed E-state index contributed by atoms with van der Waals surface area (Å²) in [6.45, 7) is 1.66. The van der Waals surface area contributed by atoms with Crippen LogP contribution in [-0.2, 0) is 16.1 Å². The van der Waals surface area contributed by atoms with Gasteiger partial charge in [-0.3, -0.25) is 14.5 Å². The monoisotopic (exact) mass is 487 g/mol. The first-order chi connectivity index (χ1) is 16.0. The second kappa shape index (κ2) is 11.0. The van der Waals surface area contributed by atoms with E-state index in [1.54, 1.807) is 23.1 Å². The largest absolute Gasteiger partial charge is 0.353 e. The van der Waals surface area contributed by atoms with Crippen LogP contribution in [0, 0.1) is 0 Å². The van der Waals surface area contributed by atoms with E-state index in [9.17, 15) is 14.4 Å². The maximum atomic E-state index is 12.5. The summed E-state index contributed by atoms with van der Waals surface area (Å²) < 4.78 is 0. The molecule has 2 aliphatic rings. The summed E-state index contributed by atoms with van der Waals surface area (Å²) in [6.07, 6.45) is 3.61. The quantitative estimate of drug-likeness (QED) is 0.429. The highest BCUT2D eigenvalue weighted by atomic mass is 32.2. The second-order valence-corrected chi connectivity index (χ2v) is 10.2. The van der Waals surface area contributed by atoms with Crippen LogP contribution in [0.15, 0.2) is 46.7 Å². The number of urea groups is 1. The van der Waals surface area contributed by atoms with Crippen LogP contribution in [0.4, 0.5) is 10.5 Å². The molecule has 2 saturated heterocycles. The Labute approximate surface area is 201 Å². The molecule has 2 fully saturated rings. The summed E-state index contributed by atoms with van der Waals surface area (Å²) >= 11 is 3.23. The molecule has 1 aromatic heterocycles. The third-order valence-electron chi connectivity index (χ3n) is 6.03. The summed E-state index contributed by atoms with van der Waals surface area (Å²) in [7, 11) is 0. The summed E-state index contributed by atoms with van der Waals surface area (Å²) in [6, 6.07) is 11.0. The minimum absolute atomic E-state index is 0.00854. The van der Waals surface area contributed by atoms with E-state index in [1.807, 2.05) is 48.0 Å². The van der Waals surface area contributed by atoms with Crippen LogP contribution in [0.1, 0.15) is 24.1 Å². The molecular formula is C23H29N5O3S2. The van der Waals surface area contributed by atoms with Crippen molar-refractivity contribution >= 4 is 46.6 Å². The molecule has 4 rings (SSSR count). The molecule has 3 atom stereocenters. The number of carbonyl (C=O) groups is 3. The molecule has 2 aliphatic heterocycles. The minimum atomic E-state index is -0.275. The Morgan fingerprint density at radius 1 is 1.27 bits per heavy atom. The molecule has 176 valence electrons. The summed E-state index contributed by atoms with van der Waals surface area (Å²) in [5.41, 5.74) is 0.735. The minimum Gasteiger partial charge on any atom is -0.353 e. The van der Waals surface area contributed by atoms with Gasteiger partial charge in [0.1, 0.15) is 0 Å². The number of hydrogen-bond donors (Lipinski definition) is 4. The lowest BCUT2D eigenvalue weighted by atomic mass is 10.0. The summed E-state index contributed by atoms with van der Waals surface area (Å²) in [5.74, 6) is 0.00310. The molecule has 3 heterocycles. The normalized spacial score (nSPS) is 22.3. The zero-order chi connectivity index (χ0) is 23.2. The Morgan fingerprint density at radius 2 is 2.15 bits per heavy atom. The molecular weight excluding hydrogens is 458 g/mol. The average molecular weight is 488 g/mol. The van der Waals surface area contributed by atoms with E-state index in [0.29, 0.717) is 38.9 Å². The van der Waals surface area contributed by atoms with E-state index in [0.717, 1.165) is 15.5 Å². The molecule has 0 bridgehead atoms. The van der Waals surface area contributed by atoms with Gasteiger partial charge in [0.05, 0.1) is 12.6 Å². The smallest absolute Gasteiger partial charge is 0.319 e. The molecule has 10 heteroatoms. The molecule has 3 unspecified atom stereocenters. The number of thioether (sulfide) groups is 1. The SMILES string of the molecule is CSc1cccc(NC(=O)NC2CC3C(=O)NCC(CCC(=O)NCc4cccs4)N3C2)c1. The van der Waals surface area contributed by atoms with Crippen molar-refractivity contribution in [2.45, 2.75) is 48.8 Å². The van der Waals surface area contributed by atoms with Gasteiger partial charge in [0.15, 0.2) is 0 Å². The van der Waals surface area contributed by atoms with Crippen molar-refractivity contribution in [3.8, 4) is 0 Å². The van der Waals surface area contributed by atoms with Crippen molar-refractivity contribution in [3.05, 3.63) is 46.7 Å². The maximum Gasteiger partial charge on any atom is 0.319 e. The van der Waals surface area contributed by atoms with Crippen molar-refractivity contribution < 1.29 is 14.4 Å². The molecule has 4 N–H and O–H groups in total. The number of nitrogens with one attached hydrogen (secondary N) is 4. The lowest BCUT2D eigenvalue weighted by Crippen LogP contribution is -2.58. The number of benzene rings is 1. The standard InChI is InChI=1S/C23H29N5O3S2/c1-32-18-5-2-4-15(10-18)26-23(31)27-16-11-20-22(30)25-12-17(28(20)14-16)7-8-21(29)24-13-19-6-3-9-33-19/h2-6,9-10,16-17,20H,7-8,11-14H2,1H3,(H,24,29)(H,25,30)(H2,26,27,31). The number of rotatable bonds is 8. The highest BCUT2D eigenvalue weighted by molar-refractivity contribution is 7.98. The van der Waals surface area contributed by atoms with Gasteiger partial charge in [-0.15, -0.1) is 23.1 Å². The van der Waals surface area contributed by atoms with Gasteiger partial charge in [-0.1, -0.05) is 12.1 Å². The van der Waals surface area contributed by atoms with Gasteiger partial charge >= 0.3 is 6.03 Å². The van der Waals surface area contributed by atoms with E-state index >= 15 is 0 Å². The number of nitrogens with zero attached hydrogens (tertiary/aromatic N) is 1. The van der Waals surface area contributed by atoms with Gasteiger partial charge in [0.2, 0.25) is 11.8 Å². The Kier molecular flexibility index (Phi) is 7.89. The lowest BCUT2D eigenvalue weighted by molar-refractivity contribution is -0.129. The molecule has 0 saturated carbocycles. The number of fused-ring (bicyclic) bond motifs is 1. The number of hydrogen-bond acceptors (Lipinski definition) is 6. The fourth-order valence-corrected chi connectivity index (χ4v) is 5.49. The maximum absolute atomic E-state index is 12.5. The van der Waals surface area contributed by atoms with Gasteiger partial charge in [-0.05, 0) is 48.7 Å². The van der Waals surface area contributed by atoms with Gasteiger partial charge in [0, 0.05) is 47.1 Å². The molecule has 0 radical (unpaired) electrons. The van der Waals surface area contributed by atoms with Crippen LogP contribution >= 0.6 is 23.1 Å². The number of amides is 4. The number of anilines is 1. The van der Waals surface area contributed by atoms with Crippen LogP contribution in [0.25, 0.3) is 0 Å². The van der Waals surface area contributed by atoms with Crippen molar-refractivity contribution in [2.75, 3.05) is 24.7 Å². The Morgan fingerprint density at radius 3 is 2.94 bits per heavy atom. The molecule has 33 heavy (non-hydrogen) atoms. The van der Waals surface area contributed by atoms with Crippen LogP contribution in [0.5, 0.6) is 0 Å². The Balaban J connectivity index is 1.27. The third kappa shape index (κ3) is 6.27. The van der Waals surface area contributed by atoms with Gasteiger partial charge in [0.25, 0.3) is 0 Å². The summed E-state index contributed by atoms with van der Waals surface area (Å²) in [4.78, 5) is 41.6. The predicted molar refractivity (Wildman–Crippen MR) is 131 cm³/mol. The highest BCUT2D eigenvalue weighted by Gasteiger charge is 2.43. The molecule has 2 aromatic rings. The molecule has 1 aromatic carbocycles. The fourth-order valence-electron chi connectivity index (χ4n) is 4.39. The molecule has 0 spiro atoms. The topological polar surface area (TPSA) is 103 Å². The first kappa shape index (κ1) is 23.6. The lowest BCUT2D eigenvalue weighted by Gasteiger charge is -2.37. The zero-order valence-corrected chi connectivity index (χ0v) is 20.1. The fraction of sp³-hybridized carbons (Fsp3) is 0.435. The van der Waals surface area contributed by atoms with Crippen LogP contribution in [0.2, 0.25) is 0 Å². The highest BCUT2D eigenvalue weighted by Crippen LogP contribution is 2.26. The number of piperazine rings is 1.